The number of sulfonamides is 1. The first-order valence-electron chi connectivity index (χ1n) is 8.55. The third-order valence-electron chi connectivity index (χ3n) is 4.21. The van der Waals surface area contributed by atoms with Gasteiger partial charge in [-0.25, -0.2) is 13.1 Å². The van der Waals surface area contributed by atoms with Crippen LogP contribution in [0.5, 0.6) is 0 Å². The van der Waals surface area contributed by atoms with Gasteiger partial charge in [0.15, 0.2) is 5.78 Å². The Morgan fingerprint density at radius 3 is 2.14 bits per heavy atom. The number of ketones is 1. The highest BCUT2D eigenvalue weighted by Crippen LogP contribution is 2.46. The van der Waals surface area contributed by atoms with Crippen molar-refractivity contribution < 1.29 is 26.8 Å². The summed E-state index contributed by atoms with van der Waals surface area (Å²) in [6.45, 7) is 1.85. The molecule has 0 aliphatic heterocycles. The molecule has 0 aromatic heterocycles. The van der Waals surface area contributed by atoms with Gasteiger partial charge in [0.1, 0.15) is 6.16 Å². The third-order valence-corrected chi connectivity index (χ3v) is 7.51. The number of benzene rings is 2. The van der Waals surface area contributed by atoms with Crippen molar-refractivity contribution in [2.45, 2.75) is 24.3 Å². The summed E-state index contributed by atoms with van der Waals surface area (Å²) < 4.78 is 49.9. The van der Waals surface area contributed by atoms with Gasteiger partial charge in [0, 0.05) is 14.2 Å². The molecule has 0 fully saturated rings. The molecule has 0 aliphatic rings. The van der Waals surface area contributed by atoms with Gasteiger partial charge in [-0.1, -0.05) is 48.0 Å². The minimum Gasteiger partial charge on any atom is -0.312 e. The molecule has 1 atom stereocenters. The largest absolute Gasteiger partial charge is 0.337 e. The molecule has 1 unspecified atom stereocenters. The van der Waals surface area contributed by atoms with E-state index in [0.717, 1.165) is 11.1 Å². The minimum absolute atomic E-state index is 0.0469. The minimum atomic E-state index is -3.95. The fourth-order valence-electron chi connectivity index (χ4n) is 2.55. The Morgan fingerprint density at radius 2 is 1.61 bits per heavy atom. The molecule has 2 rings (SSSR count). The van der Waals surface area contributed by atoms with E-state index in [1.165, 1.54) is 26.4 Å². The number of rotatable bonds is 10. The molecule has 1 N–H and O–H groups in total. The standard InChI is InChI=1S/C19H24NO6PS/c1-15-9-11-17(12-10-15)28(23,24)20-18(13-16-7-5-4-6-8-16)19(21)14-27(22,25-2)26-3/h4-12,18,20H,13-14H2,1-3H3. The van der Waals surface area contributed by atoms with Crippen LogP contribution in [0, 0.1) is 6.92 Å². The Kier molecular flexibility index (Phi) is 7.69. The van der Waals surface area contributed by atoms with Crippen LogP contribution in [0.3, 0.4) is 0 Å². The zero-order chi connectivity index (χ0) is 20.8. The van der Waals surface area contributed by atoms with E-state index < -0.39 is 35.6 Å². The van der Waals surface area contributed by atoms with E-state index in [0.29, 0.717) is 0 Å². The summed E-state index contributed by atoms with van der Waals surface area (Å²) in [4.78, 5) is 12.8. The first-order valence-corrected chi connectivity index (χ1v) is 11.8. The van der Waals surface area contributed by atoms with E-state index in [2.05, 4.69) is 4.72 Å². The lowest BCUT2D eigenvalue weighted by molar-refractivity contribution is -0.118. The molecule has 9 heteroatoms. The van der Waals surface area contributed by atoms with Gasteiger partial charge in [-0.15, -0.1) is 0 Å². The van der Waals surface area contributed by atoms with Crippen molar-refractivity contribution in [1.29, 1.82) is 0 Å². The fourth-order valence-corrected chi connectivity index (χ4v) is 4.78. The summed E-state index contributed by atoms with van der Waals surface area (Å²) in [7, 11) is -5.22. The van der Waals surface area contributed by atoms with E-state index in [-0.39, 0.29) is 11.3 Å². The number of carbonyl (C=O) groups is 1. The van der Waals surface area contributed by atoms with E-state index >= 15 is 0 Å². The smallest absolute Gasteiger partial charge is 0.312 e. The first-order chi connectivity index (χ1) is 13.2. The highest BCUT2D eigenvalue weighted by atomic mass is 32.2. The summed E-state index contributed by atoms with van der Waals surface area (Å²) in [5.74, 6) is -0.577. The molecule has 0 aliphatic carbocycles. The van der Waals surface area contributed by atoms with Crippen molar-refractivity contribution in [2.75, 3.05) is 20.4 Å². The van der Waals surface area contributed by atoms with E-state index in [1.807, 2.05) is 13.0 Å². The number of hydrogen-bond acceptors (Lipinski definition) is 6. The molecular weight excluding hydrogens is 401 g/mol. The summed E-state index contributed by atoms with van der Waals surface area (Å²) in [6.07, 6.45) is -0.424. The van der Waals surface area contributed by atoms with Crippen molar-refractivity contribution in [3.05, 3.63) is 65.7 Å². The van der Waals surface area contributed by atoms with E-state index in [1.54, 1.807) is 36.4 Å². The molecule has 0 bridgehead atoms. The lowest BCUT2D eigenvalue weighted by Crippen LogP contribution is -2.43. The van der Waals surface area contributed by atoms with Crippen LogP contribution >= 0.6 is 7.60 Å². The lowest BCUT2D eigenvalue weighted by atomic mass is 10.0. The highest BCUT2D eigenvalue weighted by Gasteiger charge is 2.32. The van der Waals surface area contributed by atoms with Gasteiger partial charge in [0.25, 0.3) is 0 Å². The molecule has 0 spiro atoms. The maximum atomic E-state index is 12.8. The van der Waals surface area contributed by atoms with Crippen molar-refractivity contribution in [1.82, 2.24) is 4.72 Å². The van der Waals surface area contributed by atoms with Gasteiger partial charge >= 0.3 is 7.60 Å². The van der Waals surface area contributed by atoms with E-state index in [9.17, 15) is 17.8 Å². The van der Waals surface area contributed by atoms with Crippen LogP contribution in [0.2, 0.25) is 0 Å². The average molecular weight is 425 g/mol. The van der Waals surface area contributed by atoms with E-state index in [4.69, 9.17) is 9.05 Å². The number of hydrogen-bond donors (Lipinski definition) is 1. The second-order valence-electron chi connectivity index (χ2n) is 6.28. The lowest BCUT2D eigenvalue weighted by Gasteiger charge is -2.20. The van der Waals surface area contributed by atoms with Gasteiger partial charge in [0.2, 0.25) is 10.0 Å². The zero-order valence-electron chi connectivity index (χ0n) is 16.0. The monoisotopic (exact) mass is 425 g/mol. The summed E-state index contributed by atoms with van der Waals surface area (Å²) in [6, 6.07) is 14.1. The molecule has 0 heterocycles. The molecule has 28 heavy (non-hydrogen) atoms. The van der Waals surface area contributed by atoms with Crippen molar-refractivity contribution in [3.8, 4) is 0 Å². The predicted molar refractivity (Wildman–Crippen MR) is 107 cm³/mol. The average Bonchev–Trinajstić information content (AvgIpc) is 2.68. The van der Waals surface area contributed by atoms with Gasteiger partial charge in [-0.3, -0.25) is 9.36 Å². The van der Waals surface area contributed by atoms with Crippen LogP contribution in [0.15, 0.2) is 59.5 Å². The van der Waals surface area contributed by atoms with Crippen LogP contribution in [0.1, 0.15) is 11.1 Å². The summed E-state index contributed by atoms with van der Waals surface area (Å²) in [5.41, 5.74) is 1.68. The zero-order valence-corrected chi connectivity index (χ0v) is 17.7. The SMILES string of the molecule is COP(=O)(CC(=O)C(Cc1ccccc1)NS(=O)(=O)c1ccc(C)cc1)OC. The molecular formula is C19H24NO6PS. The maximum Gasteiger partial charge on any atom is 0.337 e. The Hall–Kier alpha value is -1.83. The second-order valence-corrected chi connectivity index (χ2v) is 10.3. The molecule has 7 nitrogen and oxygen atoms in total. The van der Waals surface area contributed by atoms with Gasteiger partial charge < -0.3 is 9.05 Å². The van der Waals surface area contributed by atoms with Crippen molar-refractivity contribution in [3.63, 3.8) is 0 Å². The summed E-state index contributed by atoms with van der Waals surface area (Å²) >= 11 is 0. The number of nitrogens with one attached hydrogen (secondary N) is 1. The number of aryl methyl sites for hydroxylation is 1. The fraction of sp³-hybridized carbons (Fsp3) is 0.316. The normalized spacial score (nSPS) is 13.2. The van der Waals surface area contributed by atoms with Crippen LogP contribution in [0.25, 0.3) is 0 Å². The van der Waals surface area contributed by atoms with Crippen LogP contribution in [-0.2, 0) is 34.9 Å². The van der Waals surface area contributed by atoms with Gasteiger partial charge in [0.05, 0.1) is 10.9 Å². The Balaban J connectivity index is 2.30. The Labute approximate surface area is 165 Å². The molecule has 0 amide bonds. The molecule has 152 valence electrons. The third kappa shape index (κ3) is 6.09. The van der Waals surface area contributed by atoms with Crippen LogP contribution < -0.4 is 4.72 Å². The Morgan fingerprint density at radius 1 is 1.04 bits per heavy atom. The van der Waals surface area contributed by atoms with Crippen molar-refractivity contribution in [2.24, 2.45) is 0 Å². The quantitative estimate of drug-likeness (QED) is 0.588. The number of Topliss-reactive ketones (excluding diaryl/α,β-unsaturated/α-hetero) is 1. The van der Waals surface area contributed by atoms with Gasteiger partial charge in [-0.2, -0.15) is 0 Å². The molecule has 0 saturated carbocycles. The molecule has 0 radical (unpaired) electrons. The van der Waals surface area contributed by atoms with Gasteiger partial charge in [-0.05, 0) is 31.0 Å². The molecule has 2 aromatic carbocycles. The second kappa shape index (κ2) is 9.58. The topological polar surface area (TPSA) is 98.8 Å². The van der Waals surface area contributed by atoms with Crippen LogP contribution in [-0.4, -0.2) is 40.6 Å². The number of carbonyl (C=O) groups excluding carboxylic acids is 1. The van der Waals surface area contributed by atoms with Crippen molar-refractivity contribution >= 4 is 23.4 Å². The summed E-state index contributed by atoms with van der Waals surface area (Å²) in [5, 5.41) is 0. The predicted octanol–water partition coefficient (Wildman–Crippen LogP) is 2.94. The first kappa shape index (κ1) is 22.5. The molecule has 0 saturated heterocycles. The maximum absolute atomic E-state index is 12.8. The van der Waals surface area contributed by atoms with Crippen LogP contribution in [0.4, 0.5) is 0 Å². The molecule has 2 aromatic rings. The highest BCUT2D eigenvalue weighted by molar-refractivity contribution is 7.89. The Bertz CT molecular complexity index is 936.